The fourth-order valence-corrected chi connectivity index (χ4v) is 5.18. The van der Waals surface area contributed by atoms with Crippen molar-refractivity contribution in [3.05, 3.63) is 18.6 Å². The summed E-state index contributed by atoms with van der Waals surface area (Å²) in [6, 6.07) is 2.07. The standard InChI is InChI=1S/C10H11Br2N3S2/c1-2-13-4-3-8-14-15-10(17-8)6-5-7(11)16-9(6)12/h5,13H,2-4H2,1H3. The summed E-state index contributed by atoms with van der Waals surface area (Å²) >= 11 is 10.3. The largest absolute Gasteiger partial charge is 0.317 e. The van der Waals surface area contributed by atoms with Gasteiger partial charge in [0.05, 0.1) is 7.57 Å². The van der Waals surface area contributed by atoms with E-state index in [1.165, 1.54) is 0 Å². The lowest BCUT2D eigenvalue weighted by molar-refractivity contribution is 0.710. The summed E-state index contributed by atoms with van der Waals surface area (Å²) in [6.07, 6.45) is 0.939. The third kappa shape index (κ3) is 3.57. The summed E-state index contributed by atoms with van der Waals surface area (Å²) in [5.74, 6) is 0. The molecule has 0 aliphatic carbocycles. The summed E-state index contributed by atoms with van der Waals surface area (Å²) in [6.45, 7) is 4.06. The molecule has 2 rings (SSSR count). The fraction of sp³-hybridized carbons (Fsp3) is 0.400. The number of halogens is 2. The molecule has 3 nitrogen and oxygen atoms in total. The maximum atomic E-state index is 4.24. The van der Waals surface area contributed by atoms with Gasteiger partial charge in [0.25, 0.3) is 0 Å². The summed E-state index contributed by atoms with van der Waals surface area (Å²) < 4.78 is 2.20. The van der Waals surface area contributed by atoms with E-state index in [-0.39, 0.29) is 0 Å². The lowest BCUT2D eigenvalue weighted by Crippen LogP contribution is -2.15. The Bertz CT molecular complexity index is 495. The third-order valence-electron chi connectivity index (χ3n) is 2.12. The van der Waals surface area contributed by atoms with E-state index in [0.29, 0.717) is 0 Å². The molecule has 0 spiro atoms. The van der Waals surface area contributed by atoms with Gasteiger partial charge in [-0.1, -0.05) is 18.3 Å². The van der Waals surface area contributed by atoms with Crippen molar-refractivity contribution < 1.29 is 0 Å². The van der Waals surface area contributed by atoms with E-state index in [0.717, 1.165) is 42.7 Å². The Hall–Kier alpha value is 0.180. The summed E-state index contributed by atoms with van der Waals surface area (Å²) in [7, 11) is 0. The third-order valence-corrected chi connectivity index (χ3v) is 5.48. The number of aromatic nitrogens is 2. The monoisotopic (exact) mass is 395 g/mol. The highest BCUT2D eigenvalue weighted by Crippen LogP contribution is 2.39. The van der Waals surface area contributed by atoms with Crippen LogP contribution >= 0.6 is 54.5 Å². The van der Waals surface area contributed by atoms with Crippen molar-refractivity contribution in [3.63, 3.8) is 0 Å². The van der Waals surface area contributed by atoms with Gasteiger partial charge in [0.2, 0.25) is 0 Å². The molecule has 2 aromatic rings. The minimum atomic E-state index is 0.939. The topological polar surface area (TPSA) is 37.8 Å². The normalized spacial score (nSPS) is 11.0. The maximum absolute atomic E-state index is 4.24. The van der Waals surface area contributed by atoms with Crippen LogP contribution in [0.3, 0.4) is 0 Å². The average Bonchev–Trinajstić information content (AvgIpc) is 2.86. The van der Waals surface area contributed by atoms with Gasteiger partial charge in [0.15, 0.2) is 0 Å². The van der Waals surface area contributed by atoms with Gasteiger partial charge in [-0.15, -0.1) is 21.5 Å². The molecule has 0 aliphatic heterocycles. The molecule has 2 heterocycles. The van der Waals surface area contributed by atoms with Gasteiger partial charge in [-0.3, -0.25) is 0 Å². The van der Waals surface area contributed by atoms with Crippen LogP contribution in [-0.4, -0.2) is 23.3 Å². The van der Waals surface area contributed by atoms with Gasteiger partial charge >= 0.3 is 0 Å². The average molecular weight is 397 g/mol. The Balaban J connectivity index is 2.10. The van der Waals surface area contributed by atoms with Crippen LogP contribution in [0, 0.1) is 0 Å². The smallest absolute Gasteiger partial charge is 0.149 e. The predicted octanol–water partition coefficient (Wildman–Crippen LogP) is 3.94. The van der Waals surface area contributed by atoms with Gasteiger partial charge in [-0.25, -0.2) is 0 Å². The Labute approximate surface area is 125 Å². The van der Waals surface area contributed by atoms with Gasteiger partial charge in [0, 0.05) is 18.5 Å². The van der Waals surface area contributed by atoms with Crippen LogP contribution in [0.4, 0.5) is 0 Å². The van der Waals surface area contributed by atoms with Crippen molar-refractivity contribution in [2.75, 3.05) is 13.1 Å². The van der Waals surface area contributed by atoms with Crippen LogP contribution in [-0.2, 0) is 6.42 Å². The summed E-state index contributed by atoms with van der Waals surface area (Å²) in [5, 5.41) is 13.8. The van der Waals surface area contributed by atoms with Crippen LogP contribution in [0.2, 0.25) is 0 Å². The first-order chi connectivity index (χ1) is 8.20. The summed E-state index contributed by atoms with van der Waals surface area (Å²) in [4.78, 5) is 0. The first-order valence-corrected chi connectivity index (χ1v) is 8.41. The highest BCUT2D eigenvalue weighted by Gasteiger charge is 2.12. The van der Waals surface area contributed by atoms with Crippen molar-refractivity contribution in [1.82, 2.24) is 15.5 Å². The molecule has 0 unspecified atom stereocenters. The van der Waals surface area contributed by atoms with Gasteiger partial charge < -0.3 is 5.32 Å². The molecule has 0 saturated carbocycles. The maximum Gasteiger partial charge on any atom is 0.149 e. The van der Waals surface area contributed by atoms with Crippen molar-refractivity contribution in [1.29, 1.82) is 0 Å². The second kappa shape index (κ2) is 6.38. The molecule has 0 amide bonds. The number of thiophene rings is 1. The lowest BCUT2D eigenvalue weighted by Gasteiger charge is -1.95. The van der Waals surface area contributed by atoms with Gasteiger partial charge in [0.1, 0.15) is 10.0 Å². The van der Waals surface area contributed by atoms with Crippen molar-refractivity contribution in [3.8, 4) is 10.6 Å². The quantitative estimate of drug-likeness (QED) is 0.777. The zero-order valence-electron chi connectivity index (χ0n) is 9.17. The predicted molar refractivity (Wildman–Crippen MR) is 80.9 cm³/mol. The van der Waals surface area contributed by atoms with E-state index in [4.69, 9.17) is 0 Å². The van der Waals surface area contributed by atoms with Gasteiger partial charge in [-0.05, 0) is 44.5 Å². The van der Waals surface area contributed by atoms with Crippen molar-refractivity contribution in [2.45, 2.75) is 13.3 Å². The van der Waals surface area contributed by atoms with E-state index < -0.39 is 0 Å². The molecule has 1 N–H and O–H groups in total. The van der Waals surface area contributed by atoms with Crippen LogP contribution in [0.25, 0.3) is 10.6 Å². The molecule has 0 aliphatic rings. The minimum Gasteiger partial charge on any atom is -0.317 e. The fourth-order valence-electron chi connectivity index (χ4n) is 1.32. The lowest BCUT2D eigenvalue weighted by atomic mass is 10.4. The first kappa shape index (κ1) is 13.6. The van der Waals surface area contributed by atoms with E-state index in [2.05, 4.69) is 60.4 Å². The van der Waals surface area contributed by atoms with Crippen LogP contribution < -0.4 is 5.32 Å². The Kier molecular flexibility index (Phi) is 5.10. The number of hydrogen-bond donors (Lipinski definition) is 1. The molecule has 0 aromatic carbocycles. The van der Waals surface area contributed by atoms with Gasteiger partial charge in [-0.2, -0.15) is 0 Å². The molecule has 0 fully saturated rings. The number of nitrogens with one attached hydrogen (secondary N) is 1. The Morgan fingerprint density at radius 1 is 1.29 bits per heavy atom. The molecule has 0 atom stereocenters. The zero-order chi connectivity index (χ0) is 12.3. The molecule has 0 radical (unpaired) electrons. The summed E-state index contributed by atoms with van der Waals surface area (Å²) in [5.41, 5.74) is 1.12. The Morgan fingerprint density at radius 3 is 2.76 bits per heavy atom. The zero-order valence-corrected chi connectivity index (χ0v) is 14.0. The second-order valence-corrected chi connectivity index (χ2v) is 8.15. The molecule has 0 saturated heterocycles. The molecule has 7 heteroatoms. The van der Waals surface area contributed by atoms with Crippen LogP contribution in [0.1, 0.15) is 11.9 Å². The molecule has 17 heavy (non-hydrogen) atoms. The SMILES string of the molecule is CCNCCc1nnc(-c2cc(Br)sc2Br)s1. The molecule has 2 aromatic heterocycles. The van der Waals surface area contributed by atoms with E-state index in [1.807, 2.05) is 0 Å². The number of likely N-dealkylation sites (N-methyl/N-ethyl adjacent to an activating group) is 1. The highest BCUT2D eigenvalue weighted by molar-refractivity contribution is 9.12. The minimum absolute atomic E-state index is 0.939. The van der Waals surface area contributed by atoms with Crippen molar-refractivity contribution >= 4 is 54.5 Å². The number of rotatable bonds is 5. The van der Waals surface area contributed by atoms with E-state index in [1.54, 1.807) is 22.7 Å². The number of hydrogen-bond acceptors (Lipinski definition) is 5. The molecular weight excluding hydrogens is 386 g/mol. The number of nitrogens with zero attached hydrogens (tertiary/aromatic N) is 2. The van der Waals surface area contributed by atoms with E-state index >= 15 is 0 Å². The highest BCUT2D eigenvalue weighted by atomic mass is 79.9. The molecule has 0 bridgehead atoms. The van der Waals surface area contributed by atoms with Crippen LogP contribution in [0.15, 0.2) is 13.6 Å². The van der Waals surface area contributed by atoms with E-state index in [9.17, 15) is 0 Å². The molecular formula is C10H11Br2N3S2. The van der Waals surface area contributed by atoms with Crippen molar-refractivity contribution in [2.24, 2.45) is 0 Å². The second-order valence-electron chi connectivity index (χ2n) is 3.34. The first-order valence-electron chi connectivity index (χ1n) is 5.19. The Morgan fingerprint density at radius 2 is 2.12 bits per heavy atom. The van der Waals surface area contributed by atoms with Crippen LogP contribution in [0.5, 0.6) is 0 Å². The molecule has 92 valence electrons.